The van der Waals surface area contributed by atoms with Crippen LogP contribution in [0.3, 0.4) is 0 Å². The summed E-state index contributed by atoms with van der Waals surface area (Å²) in [6, 6.07) is 13.1. The van der Waals surface area contributed by atoms with Gasteiger partial charge in [-0.05, 0) is 36.4 Å². The molecular weight excluding hydrogens is 228 g/mol. The van der Waals surface area contributed by atoms with Crippen LogP contribution >= 0.6 is 0 Å². The van der Waals surface area contributed by atoms with Crippen LogP contribution in [0.15, 0.2) is 42.5 Å². The lowest BCUT2D eigenvalue weighted by Gasteiger charge is -1.99. The zero-order valence-electron chi connectivity index (χ0n) is 9.87. The summed E-state index contributed by atoms with van der Waals surface area (Å²) in [7, 11) is 1.64. The van der Waals surface area contributed by atoms with Gasteiger partial charge in [0, 0.05) is 5.56 Å². The number of hydrogen-bond donors (Lipinski definition) is 1. The van der Waals surface area contributed by atoms with E-state index < -0.39 is 0 Å². The molecule has 1 aromatic carbocycles. The number of ether oxygens (including phenoxy) is 1. The molecule has 0 fully saturated rings. The highest BCUT2D eigenvalue weighted by molar-refractivity contribution is 5.60. The molecule has 0 aliphatic rings. The van der Waals surface area contributed by atoms with Crippen molar-refractivity contribution in [2.24, 2.45) is 0 Å². The van der Waals surface area contributed by atoms with Gasteiger partial charge in [-0.25, -0.2) is 4.98 Å². The number of fused-ring (bicyclic) bond motifs is 1. The molecule has 3 rings (SSSR count). The third kappa shape index (κ3) is 1.66. The number of pyridine rings is 1. The van der Waals surface area contributed by atoms with E-state index in [4.69, 9.17) is 10.5 Å². The molecule has 0 bridgehead atoms. The van der Waals surface area contributed by atoms with Gasteiger partial charge in [0.2, 0.25) is 0 Å². The van der Waals surface area contributed by atoms with Gasteiger partial charge < -0.3 is 10.5 Å². The van der Waals surface area contributed by atoms with Crippen LogP contribution in [0.4, 0.5) is 5.82 Å². The molecule has 0 saturated heterocycles. The SMILES string of the molecule is COc1ccc(-c2nc3cccc(N)n3n2)cc1. The number of hydrogen-bond acceptors (Lipinski definition) is 4. The second-order valence-corrected chi connectivity index (χ2v) is 3.88. The Balaban J connectivity index is 2.10. The Morgan fingerprint density at radius 2 is 1.89 bits per heavy atom. The third-order valence-electron chi connectivity index (χ3n) is 2.74. The molecule has 5 heteroatoms. The molecule has 2 aromatic heterocycles. The number of rotatable bonds is 2. The van der Waals surface area contributed by atoms with Gasteiger partial charge in [0.15, 0.2) is 11.5 Å². The van der Waals surface area contributed by atoms with E-state index in [0.717, 1.165) is 17.0 Å². The van der Waals surface area contributed by atoms with Gasteiger partial charge >= 0.3 is 0 Å². The molecule has 0 saturated carbocycles. The lowest BCUT2D eigenvalue weighted by atomic mass is 10.2. The average Bonchev–Trinajstić information content (AvgIpc) is 2.84. The monoisotopic (exact) mass is 240 g/mol. The highest BCUT2D eigenvalue weighted by Gasteiger charge is 2.07. The number of nitrogens with zero attached hydrogens (tertiary/aromatic N) is 3. The minimum absolute atomic E-state index is 0.569. The first-order valence-electron chi connectivity index (χ1n) is 5.53. The van der Waals surface area contributed by atoms with Crippen molar-refractivity contribution in [3.8, 4) is 17.1 Å². The predicted octanol–water partition coefficient (Wildman–Crippen LogP) is 1.99. The second kappa shape index (κ2) is 4.03. The molecule has 90 valence electrons. The molecule has 18 heavy (non-hydrogen) atoms. The molecule has 5 nitrogen and oxygen atoms in total. The number of nitrogens with two attached hydrogens (primary N) is 1. The maximum absolute atomic E-state index is 5.83. The van der Waals surface area contributed by atoms with Crippen molar-refractivity contribution in [1.29, 1.82) is 0 Å². The maximum Gasteiger partial charge on any atom is 0.182 e. The van der Waals surface area contributed by atoms with Crippen LogP contribution in [0.1, 0.15) is 0 Å². The van der Waals surface area contributed by atoms with E-state index in [-0.39, 0.29) is 0 Å². The van der Waals surface area contributed by atoms with Crippen LogP contribution < -0.4 is 10.5 Å². The fourth-order valence-corrected chi connectivity index (χ4v) is 1.79. The van der Waals surface area contributed by atoms with E-state index >= 15 is 0 Å². The summed E-state index contributed by atoms with van der Waals surface area (Å²) in [4.78, 5) is 4.43. The molecule has 0 aliphatic heterocycles. The standard InChI is InChI=1S/C13H12N4O/c1-18-10-7-5-9(6-8-10)13-15-12-4-2-3-11(14)17(12)16-13/h2-8H,14H2,1H3. The van der Waals surface area contributed by atoms with Gasteiger partial charge in [0.1, 0.15) is 11.6 Å². The molecule has 3 aromatic rings. The van der Waals surface area contributed by atoms with Crippen molar-refractivity contribution in [2.45, 2.75) is 0 Å². The zero-order valence-corrected chi connectivity index (χ0v) is 9.87. The van der Waals surface area contributed by atoms with Crippen LogP contribution in [0, 0.1) is 0 Å². The lowest BCUT2D eigenvalue weighted by Crippen LogP contribution is -1.97. The fourth-order valence-electron chi connectivity index (χ4n) is 1.79. The molecule has 2 N–H and O–H groups in total. The quantitative estimate of drug-likeness (QED) is 0.744. The number of anilines is 1. The summed E-state index contributed by atoms with van der Waals surface area (Å²) in [5, 5.41) is 4.38. The lowest BCUT2D eigenvalue weighted by molar-refractivity contribution is 0.415. The Bertz CT molecular complexity index is 688. The molecule has 2 heterocycles. The predicted molar refractivity (Wildman–Crippen MR) is 69.4 cm³/mol. The van der Waals surface area contributed by atoms with Crippen molar-refractivity contribution in [1.82, 2.24) is 14.6 Å². The molecule has 0 amide bonds. The third-order valence-corrected chi connectivity index (χ3v) is 2.74. The molecule has 0 aliphatic carbocycles. The number of benzene rings is 1. The van der Waals surface area contributed by atoms with E-state index in [9.17, 15) is 0 Å². The Morgan fingerprint density at radius 1 is 1.11 bits per heavy atom. The first-order chi connectivity index (χ1) is 8.78. The number of aromatic nitrogens is 3. The summed E-state index contributed by atoms with van der Waals surface area (Å²) in [5.41, 5.74) is 7.50. The summed E-state index contributed by atoms with van der Waals surface area (Å²) in [6.45, 7) is 0. The first kappa shape index (κ1) is 10.6. The van der Waals surface area contributed by atoms with Crippen LogP contribution in [0.5, 0.6) is 5.75 Å². The summed E-state index contributed by atoms with van der Waals surface area (Å²) in [5.74, 6) is 2.03. The summed E-state index contributed by atoms with van der Waals surface area (Å²) >= 11 is 0. The van der Waals surface area contributed by atoms with E-state index in [0.29, 0.717) is 11.6 Å². The van der Waals surface area contributed by atoms with Crippen LogP contribution in [0.25, 0.3) is 17.0 Å². The van der Waals surface area contributed by atoms with E-state index in [1.54, 1.807) is 17.7 Å². The fraction of sp³-hybridized carbons (Fsp3) is 0.0769. The van der Waals surface area contributed by atoms with Gasteiger partial charge in [0.25, 0.3) is 0 Å². The summed E-state index contributed by atoms with van der Waals surface area (Å²) in [6.07, 6.45) is 0. The molecule has 0 unspecified atom stereocenters. The Hall–Kier alpha value is -2.56. The van der Waals surface area contributed by atoms with E-state index in [1.165, 1.54) is 0 Å². The van der Waals surface area contributed by atoms with Gasteiger partial charge in [-0.1, -0.05) is 6.07 Å². The van der Waals surface area contributed by atoms with Gasteiger partial charge in [-0.15, -0.1) is 5.10 Å². The molecule has 0 atom stereocenters. The first-order valence-corrected chi connectivity index (χ1v) is 5.53. The van der Waals surface area contributed by atoms with E-state index in [1.807, 2.05) is 36.4 Å². The number of nitrogen functional groups attached to an aromatic ring is 1. The van der Waals surface area contributed by atoms with Crippen LogP contribution in [-0.2, 0) is 0 Å². The summed E-state index contributed by atoms with van der Waals surface area (Å²) < 4.78 is 6.74. The van der Waals surface area contributed by atoms with Crippen LogP contribution in [0.2, 0.25) is 0 Å². The van der Waals surface area contributed by atoms with Crippen LogP contribution in [-0.4, -0.2) is 21.7 Å². The van der Waals surface area contributed by atoms with Gasteiger partial charge in [-0.2, -0.15) is 4.52 Å². The van der Waals surface area contributed by atoms with E-state index in [2.05, 4.69) is 10.1 Å². The smallest absolute Gasteiger partial charge is 0.182 e. The minimum Gasteiger partial charge on any atom is -0.497 e. The van der Waals surface area contributed by atoms with Crippen molar-refractivity contribution >= 4 is 11.5 Å². The van der Waals surface area contributed by atoms with Crippen molar-refractivity contribution in [3.05, 3.63) is 42.5 Å². The number of methoxy groups -OCH3 is 1. The highest BCUT2D eigenvalue weighted by Crippen LogP contribution is 2.20. The van der Waals surface area contributed by atoms with Gasteiger partial charge in [0.05, 0.1) is 7.11 Å². The van der Waals surface area contributed by atoms with Crippen molar-refractivity contribution < 1.29 is 4.74 Å². The van der Waals surface area contributed by atoms with Crippen molar-refractivity contribution in [3.63, 3.8) is 0 Å². The molecule has 0 radical (unpaired) electrons. The second-order valence-electron chi connectivity index (χ2n) is 3.88. The Kier molecular flexibility index (Phi) is 2.37. The molecule has 0 spiro atoms. The highest BCUT2D eigenvalue weighted by atomic mass is 16.5. The molecular formula is C13H12N4O. The van der Waals surface area contributed by atoms with Gasteiger partial charge in [-0.3, -0.25) is 0 Å². The Morgan fingerprint density at radius 3 is 2.56 bits per heavy atom. The minimum atomic E-state index is 0.569. The van der Waals surface area contributed by atoms with Crippen molar-refractivity contribution in [2.75, 3.05) is 12.8 Å². The average molecular weight is 240 g/mol. The topological polar surface area (TPSA) is 65.4 Å². The Labute approximate surface area is 104 Å². The maximum atomic E-state index is 5.83. The zero-order chi connectivity index (χ0) is 12.5. The largest absolute Gasteiger partial charge is 0.497 e. The normalized spacial score (nSPS) is 10.7.